The van der Waals surface area contributed by atoms with E-state index >= 15 is 0 Å². The van der Waals surface area contributed by atoms with E-state index in [0.29, 0.717) is 22.9 Å². The molecule has 7 nitrogen and oxygen atoms in total. The third kappa shape index (κ3) is 3.73. The first-order valence-electron chi connectivity index (χ1n) is 9.32. The maximum atomic E-state index is 13.0. The fourth-order valence-corrected chi connectivity index (χ4v) is 4.18. The highest BCUT2D eigenvalue weighted by molar-refractivity contribution is 7.17. The number of nitrogens with zero attached hydrogens (tertiary/aromatic N) is 3. The Morgan fingerprint density at radius 2 is 1.96 bits per heavy atom. The molecule has 8 heteroatoms. The number of hydrogen-bond donors (Lipinski definition) is 1. The zero-order valence-corrected chi connectivity index (χ0v) is 16.5. The minimum atomic E-state index is -0.143. The van der Waals surface area contributed by atoms with Gasteiger partial charge in [0.05, 0.1) is 12.6 Å². The van der Waals surface area contributed by atoms with Crippen LogP contribution < -0.4 is 20.5 Å². The van der Waals surface area contributed by atoms with E-state index < -0.39 is 0 Å². The van der Waals surface area contributed by atoms with Crippen LogP contribution in [0.5, 0.6) is 5.75 Å². The van der Waals surface area contributed by atoms with Crippen LogP contribution in [0, 0.1) is 0 Å². The molecule has 4 rings (SSSR count). The van der Waals surface area contributed by atoms with E-state index in [-0.39, 0.29) is 17.9 Å². The van der Waals surface area contributed by atoms with Crippen LogP contribution in [0.15, 0.2) is 40.5 Å². The van der Waals surface area contributed by atoms with Crippen LogP contribution in [0.4, 0.5) is 11.6 Å². The highest BCUT2D eigenvalue weighted by atomic mass is 32.1. The van der Waals surface area contributed by atoms with E-state index in [2.05, 4.69) is 10.2 Å². The fourth-order valence-electron chi connectivity index (χ4n) is 3.40. The number of benzene rings is 1. The summed E-state index contributed by atoms with van der Waals surface area (Å²) in [7, 11) is 1.60. The zero-order valence-electron chi connectivity index (χ0n) is 15.7. The van der Waals surface area contributed by atoms with E-state index in [0.717, 1.165) is 37.2 Å². The van der Waals surface area contributed by atoms with Gasteiger partial charge in [0, 0.05) is 31.7 Å². The van der Waals surface area contributed by atoms with E-state index in [1.165, 1.54) is 11.3 Å². The van der Waals surface area contributed by atoms with Crippen molar-refractivity contribution in [1.82, 2.24) is 9.55 Å². The summed E-state index contributed by atoms with van der Waals surface area (Å²) in [6, 6.07) is 9.04. The van der Waals surface area contributed by atoms with E-state index in [4.69, 9.17) is 9.72 Å². The molecule has 0 saturated carbocycles. The monoisotopic (exact) mass is 398 g/mol. The van der Waals surface area contributed by atoms with Crippen molar-refractivity contribution in [2.75, 3.05) is 30.4 Å². The molecule has 0 atom stereocenters. The minimum absolute atomic E-state index is 0.0702. The molecule has 1 saturated heterocycles. The summed E-state index contributed by atoms with van der Waals surface area (Å²) in [5, 5.41) is 4.75. The summed E-state index contributed by atoms with van der Waals surface area (Å²) in [5.74, 6) is 1.26. The first-order chi connectivity index (χ1) is 13.7. The summed E-state index contributed by atoms with van der Waals surface area (Å²) in [6.07, 6.45) is 2.39. The highest BCUT2D eigenvalue weighted by Crippen LogP contribution is 2.22. The number of hydrogen-bond acceptors (Lipinski definition) is 6. The summed E-state index contributed by atoms with van der Waals surface area (Å²) in [4.78, 5) is 32.2. The molecule has 1 aliphatic rings. The Balaban J connectivity index is 1.53. The van der Waals surface area contributed by atoms with Crippen LogP contribution >= 0.6 is 11.3 Å². The molecule has 28 heavy (non-hydrogen) atoms. The number of anilines is 2. The number of carbonyl (C=O) groups excluding carboxylic acids is 1. The SMILES string of the molecule is COc1ccc(NC(=O)CCn2c(N3CCCC3)nc3ccsc3c2=O)cc1. The van der Waals surface area contributed by atoms with Gasteiger partial charge in [-0.05, 0) is 48.6 Å². The van der Waals surface area contributed by atoms with Crippen LogP contribution in [0.3, 0.4) is 0 Å². The molecular formula is C20H22N4O3S. The lowest BCUT2D eigenvalue weighted by Crippen LogP contribution is -2.32. The Hall–Kier alpha value is -2.87. The van der Waals surface area contributed by atoms with E-state index in [1.807, 2.05) is 11.4 Å². The van der Waals surface area contributed by atoms with Crippen LogP contribution in [-0.4, -0.2) is 35.7 Å². The van der Waals surface area contributed by atoms with Crippen LogP contribution in [0.1, 0.15) is 19.3 Å². The summed E-state index contributed by atoms with van der Waals surface area (Å²) in [5.41, 5.74) is 1.36. The van der Waals surface area contributed by atoms with Gasteiger partial charge >= 0.3 is 0 Å². The number of methoxy groups -OCH3 is 1. The Labute approximate surface area is 166 Å². The number of amides is 1. The van der Waals surface area contributed by atoms with E-state index in [1.54, 1.807) is 35.9 Å². The van der Waals surface area contributed by atoms with Crippen molar-refractivity contribution in [3.8, 4) is 5.75 Å². The normalized spacial score (nSPS) is 13.8. The van der Waals surface area contributed by atoms with Crippen LogP contribution in [0.2, 0.25) is 0 Å². The van der Waals surface area contributed by atoms with E-state index in [9.17, 15) is 9.59 Å². The highest BCUT2D eigenvalue weighted by Gasteiger charge is 2.21. The fraction of sp³-hybridized carbons (Fsp3) is 0.350. The van der Waals surface area contributed by atoms with Crippen molar-refractivity contribution in [1.29, 1.82) is 0 Å². The first kappa shape index (κ1) is 18.5. The first-order valence-corrected chi connectivity index (χ1v) is 10.2. The van der Waals surface area contributed by atoms with Crippen molar-refractivity contribution in [3.05, 3.63) is 46.1 Å². The lowest BCUT2D eigenvalue weighted by molar-refractivity contribution is -0.116. The average Bonchev–Trinajstić information content (AvgIpc) is 3.39. The largest absolute Gasteiger partial charge is 0.497 e. The van der Waals surface area contributed by atoms with Gasteiger partial charge in [0.25, 0.3) is 5.56 Å². The van der Waals surface area contributed by atoms with Gasteiger partial charge in [-0.15, -0.1) is 11.3 Å². The molecule has 1 aromatic carbocycles. The maximum Gasteiger partial charge on any atom is 0.272 e. The molecule has 0 aliphatic carbocycles. The molecule has 0 radical (unpaired) electrons. The second-order valence-electron chi connectivity index (χ2n) is 6.72. The quantitative estimate of drug-likeness (QED) is 0.690. The maximum absolute atomic E-state index is 13.0. The van der Waals surface area contributed by atoms with Gasteiger partial charge in [-0.1, -0.05) is 0 Å². The number of carbonyl (C=O) groups is 1. The average molecular weight is 398 g/mol. The van der Waals surface area contributed by atoms with Crippen LogP contribution in [0.25, 0.3) is 10.2 Å². The van der Waals surface area contributed by atoms with Gasteiger partial charge in [-0.3, -0.25) is 14.2 Å². The standard InChI is InChI=1S/C20H22N4O3S/c1-27-15-6-4-14(5-7-15)21-17(25)8-12-24-19(26)18-16(9-13-28-18)22-20(24)23-10-2-3-11-23/h4-7,9,13H,2-3,8,10-12H2,1H3,(H,21,25). The number of rotatable bonds is 6. The van der Waals surface area contributed by atoms with Crippen molar-refractivity contribution in [2.24, 2.45) is 0 Å². The van der Waals surface area contributed by atoms with Gasteiger partial charge in [0.2, 0.25) is 11.9 Å². The lowest BCUT2D eigenvalue weighted by Gasteiger charge is -2.21. The summed E-state index contributed by atoms with van der Waals surface area (Å²) < 4.78 is 7.41. The molecule has 0 bridgehead atoms. The molecule has 1 amide bonds. The molecule has 1 N–H and O–H groups in total. The third-order valence-electron chi connectivity index (χ3n) is 4.87. The molecule has 3 aromatic rings. The van der Waals surface area contributed by atoms with Crippen molar-refractivity contribution in [2.45, 2.75) is 25.8 Å². The van der Waals surface area contributed by atoms with Crippen LogP contribution in [-0.2, 0) is 11.3 Å². The van der Waals surface area contributed by atoms with Gasteiger partial charge in [-0.2, -0.15) is 0 Å². The van der Waals surface area contributed by atoms with Gasteiger partial charge < -0.3 is 15.0 Å². The summed E-state index contributed by atoms with van der Waals surface area (Å²) >= 11 is 1.39. The Morgan fingerprint density at radius 1 is 1.21 bits per heavy atom. The second kappa shape index (κ2) is 8.02. The number of thiophene rings is 1. The Morgan fingerprint density at radius 3 is 2.68 bits per heavy atom. The Bertz CT molecular complexity index is 1040. The molecular weight excluding hydrogens is 376 g/mol. The number of nitrogens with one attached hydrogen (secondary N) is 1. The summed E-state index contributed by atoms with van der Waals surface area (Å²) in [6.45, 7) is 2.08. The number of fused-ring (bicyclic) bond motifs is 1. The third-order valence-corrected chi connectivity index (χ3v) is 5.76. The zero-order chi connectivity index (χ0) is 19.5. The van der Waals surface area contributed by atoms with Gasteiger partial charge in [0.15, 0.2) is 0 Å². The Kier molecular flexibility index (Phi) is 5.29. The second-order valence-corrected chi connectivity index (χ2v) is 7.64. The topological polar surface area (TPSA) is 76.5 Å². The molecule has 0 spiro atoms. The van der Waals surface area contributed by atoms with Gasteiger partial charge in [-0.25, -0.2) is 4.98 Å². The molecule has 3 heterocycles. The number of ether oxygens (including phenoxy) is 1. The molecule has 1 aliphatic heterocycles. The van der Waals surface area contributed by atoms with Gasteiger partial charge in [0.1, 0.15) is 10.4 Å². The predicted molar refractivity (Wildman–Crippen MR) is 112 cm³/mol. The van der Waals surface area contributed by atoms with Crippen molar-refractivity contribution >= 4 is 39.1 Å². The van der Waals surface area contributed by atoms with Crippen molar-refractivity contribution in [3.63, 3.8) is 0 Å². The molecule has 1 fully saturated rings. The minimum Gasteiger partial charge on any atom is -0.497 e. The molecule has 2 aromatic heterocycles. The smallest absolute Gasteiger partial charge is 0.272 e. The molecule has 146 valence electrons. The molecule has 0 unspecified atom stereocenters. The number of aromatic nitrogens is 2. The predicted octanol–water partition coefficient (Wildman–Crippen LogP) is 3.10. The lowest BCUT2D eigenvalue weighted by atomic mass is 10.3. The van der Waals surface area contributed by atoms with Crippen molar-refractivity contribution < 1.29 is 9.53 Å².